The zero-order chi connectivity index (χ0) is 19.6. The average molecular weight is 389 g/mol. The zero-order valence-electron chi connectivity index (χ0n) is 15.3. The van der Waals surface area contributed by atoms with E-state index in [9.17, 15) is 18.5 Å². The summed E-state index contributed by atoms with van der Waals surface area (Å²) in [7, 11) is -3.80. The van der Waals surface area contributed by atoms with Crippen molar-refractivity contribution in [2.75, 3.05) is 5.32 Å². The van der Waals surface area contributed by atoms with Gasteiger partial charge >= 0.3 is 0 Å². The Morgan fingerprint density at radius 2 is 1.78 bits per heavy atom. The molecule has 0 amide bonds. The highest BCUT2D eigenvalue weighted by Crippen LogP contribution is 2.44. The van der Waals surface area contributed by atoms with Crippen molar-refractivity contribution in [3.05, 3.63) is 64.2 Å². The van der Waals surface area contributed by atoms with Crippen LogP contribution in [0.25, 0.3) is 0 Å². The van der Waals surface area contributed by atoms with E-state index in [0.717, 1.165) is 24.5 Å². The maximum Gasteiger partial charge on any atom is 0.293 e. The molecular formula is C19H23N3O4S. The number of benzene rings is 2. The summed E-state index contributed by atoms with van der Waals surface area (Å²) in [5.74, 6) is 0.415. The fourth-order valence-corrected chi connectivity index (χ4v) is 4.33. The maximum atomic E-state index is 12.3. The van der Waals surface area contributed by atoms with E-state index >= 15 is 0 Å². The molecule has 1 atom stereocenters. The van der Waals surface area contributed by atoms with Gasteiger partial charge in [-0.3, -0.25) is 10.1 Å². The summed E-state index contributed by atoms with van der Waals surface area (Å²) in [5, 5.41) is 14.8. The first-order valence-corrected chi connectivity index (χ1v) is 10.4. The Morgan fingerprint density at radius 1 is 1.11 bits per heavy atom. The zero-order valence-corrected chi connectivity index (χ0v) is 16.1. The highest BCUT2D eigenvalue weighted by Gasteiger charge is 2.34. The van der Waals surface area contributed by atoms with Gasteiger partial charge in [0.15, 0.2) is 0 Å². The second kappa shape index (κ2) is 7.66. The van der Waals surface area contributed by atoms with Crippen LogP contribution < -0.4 is 10.0 Å². The van der Waals surface area contributed by atoms with Gasteiger partial charge in [0.1, 0.15) is 5.69 Å². The third kappa shape index (κ3) is 4.64. The number of nitro benzene ring substituents is 1. The van der Waals surface area contributed by atoms with Gasteiger partial charge < -0.3 is 5.32 Å². The third-order valence-corrected chi connectivity index (χ3v) is 6.09. The molecule has 0 aromatic heterocycles. The Morgan fingerprint density at radius 3 is 2.33 bits per heavy atom. The minimum absolute atomic E-state index is 0.0406. The summed E-state index contributed by atoms with van der Waals surface area (Å²) < 4.78 is 27.1. The molecule has 2 aromatic rings. The van der Waals surface area contributed by atoms with Crippen LogP contribution in [0.3, 0.4) is 0 Å². The van der Waals surface area contributed by atoms with Gasteiger partial charge in [0.2, 0.25) is 10.0 Å². The molecule has 144 valence electrons. The van der Waals surface area contributed by atoms with Gasteiger partial charge in [-0.2, -0.15) is 0 Å². The van der Waals surface area contributed by atoms with E-state index in [1.165, 1.54) is 12.1 Å². The van der Waals surface area contributed by atoms with E-state index in [1.807, 2.05) is 30.3 Å². The number of hydrogen-bond acceptors (Lipinski definition) is 5. The largest absolute Gasteiger partial charge is 0.372 e. The van der Waals surface area contributed by atoms with Crippen molar-refractivity contribution in [2.45, 2.75) is 43.7 Å². The Bertz CT molecular complexity index is 925. The lowest BCUT2D eigenvalue weighted by Gasteiger charge is -2.20. The Kier molecular flexibility index (Phi) is 5.48. The molecule has 27 heavy (non-hydrogen) atoms. The molecule has 2 aromatic carbocycles. The number of nitro groups is 1. The molecule has 1 fully saturated rings. The topological polar surface area (TPSA) is 101 Å². The molecule has 1 unspecified atom stereocenters. The maximum absolute atomic E-state index is 12.3. The number of sulfonamides is 1. The molecule has 1 aliphatic rings. The highest BCUT2D eigenvalue weighted by molar-refractivity contribution is 7.89. The van der Waals surface area contributed by atoms with Gasteiger partial charge in [-0.15, -0.1) is 0 Å². The van der Waals surface area contributed by atoms with Gasteiger partial charge in [0, 0.05) is 12.1 Å². The predicted octanol–water partition coefficient (Wildman–Crippen LogP) is 3.84. The molecule has 0 heterocycles. The molecular weight excluding hydrogens is 366 g/mol. The molecule has 0 radical (unpaired) electrons. The van der Waals surface area contributed by atoms with Crippen LogP contribution in [0.2, 0.25) is 0 Å². The van der Waals surface area contributed by atoms with E-state index in [-0.39, 0.29) is 22.7 Å². The Balaban J connectivity index is 1.94. The van der Waals surface area contributed by atoms with Crippen LogP contribution in [0.15, 0.2) is 53.4 Å². The summed E-state index contributed by atoms with van der Waals surface area (Å²) in [6.45, 7) is 3.39. The van der Waals surface area contributed by atoms with Gasteiger partial charge in [0.25, 0.3) is 5.69 Å². The van der Waals surface area contributed by atoms with Crippen molar-refractivity contribution < 1.29 is 13.3 Å². The molecule has 8 heteroatoms. The van der Waals surface area contributed by atoms with Crippen LogP contribution in [0.1, 0.15) is 38.3 Å². The van der Waals surface area contributed by atoms with Crippen molar-refractivity contribution in [1.82, 2.24) is 4.72 Å². The van der Waals surface area contributed by atoms with E-state index in [4.69, 9.17) is 0 Å². The lowest BCUT2D eigenvalue weighted by molar-refractivity contribution is -0.384. The molecule has 0 spiro atoms. The monoisotopic (exact) mass is 389 g/mol. The number of nitrogens with one attached hydrogen (secondary N) is 2. The first kappa shape index (κ1) is 19.3. The van der Waals surface area contributed by atoms with Crippen LogP contribution in [0, 0.1) is 16.0 Å². The highest BCUT2D eigenvalue weighted by atomic mass is 32.2. The minimum Gasteiger partial charge on any atom is -0.372 e. The van der Waals surface area contributed by atoms with Crippen LogP contribution in [0.4, 0.5) is 11.4 Å². The second-order valence-electron chi connectivity index (χ2n) is 7.08. The van der Waals surface area contributed by atoms with E-state index in [2.05, 4.69) is 10.0 Å². The lowest BCUT2D eigenvalue weighted by Crippen LogP contribution is -2.30. The number of nitrogens with zero attached hydrogens (tertiary/aromatic N) is 1. The Hall–Kier alpha value is -2.45. The average Bonchev–Trinajstić information content (AvgIpc) is 3.44. The summed E-state index contributed by atoms with van der Waals surface area (Å²) in [4.78, 5) is 10.9. The minimum atomic E-state index is -3.80. The fourth-order valence-electron chi connectivity index (χ4n) is 3.06. The van der Waals surface area contributed by atoms with E-state index in [0.29, 0.717) is 11.6 Å². The van der Waals surface area contributed by atoms with Crippen LogP contribution in [-0.2, 0) is 10.0 Å². The molecule has 0 bridgehead atoms. The molecule has 0 aliphatic heterocycles. The number of hydrogen-bond donors (Lipinski definition) is 2. The molecule has 1 saturated carbocycles. The summed E-state index contributed by atoms with van der Waals surface area (Å²) in [5.41, 5.74) is 1.14. The van der Waals surface area contributed by atoms with Gasteiger partial charge in [-0.05, 0) is 50.3 Å². The van der Waals surface area contributed by atoms with Crippen LogP contribution in [-0.4, -0.2) is 19.4 Å². The Labute approximate surface area is 159 Å². The number of rotatable bonds is 8. The van der Waals surface area contributed by atoms with Crippen molar-refractivity contribution >= 4 is 21.4 Å². The van der Waals surface area contributed by atoms with E-state index < -0.39 is 14.9 Å². The summed E-state index contributed by atoms with van der Waals surface area (Å²) in [6.07, 6.45) is 2.12. The standard InChI is InChI=1S/C19H23N3O4S/c1-13(2)21-27(25,26)16-10-11-17(18(12-16)22(23)24)20-19(15-8-9-15)14-6-4-3-5-7-14/h3-7,10-13,15,19-21H,8-9H2,1-2H3. The third-order valence-electron chi connectivity index (χ3n) is 4.43. The van der Waals surface area contributed by atoms with Crippen molar-refractivity contribution in [3.8, 4) is 0 Å². The summed E-state index contributed by atoms with van der Waals surface area (Å²) >= 11 is 0. The molecule has 7 nitrogen and oxygen atoms in total. The quantitative estimate of drug-likeness (QED) is 0.527. The normalized spacial score (nSPS) is 15.5. The molecule has 1 aliphatic carbocycles. The smallest absolute Gasteiger partial charge is 0.293 e. The van der Waals surface area contributed by atoms with Gasteiger partial charge in [-0.1, -0.05) is 30.3 Å². The second-order valence-corrected chi connectivity index (χ2v) is 8.80. The van der Waals surface area contributed by atoms with Crippen molar-refractivity contribution in [3.63, 3.8) is 0 Å². The van der Waals surface area contributed by atoms with Crippen LogP contribution in [0.5, 0.6) is 0 Å². The first-order chi connectivity index (χ1) is 12.8. The molecule has 2 N–H and O–H groups in total. The summed E-state index contributed by atoms with van der Waals surface area (Å²) in [6, 6.07) is 13.4. The van der Waals surface area contributed by atoms with E-state index in [1.54, 1.807) is 13.8 Å². The first-order valence-electron chi connectivity index (χ1n) is 8.90. The molecule has 0 saturated heterocycles. The fraction of sp³-hybridized carbons (Fsp3) is 0.368. The number of anilines is 1. The SMILES string of the molecule is CC(C)NS(=O)(=O)c1ccc(NC(c2ccccc2)C2CC2)c([N+](=O)[O-])c1. The van der Waals surface area contributed by atoms with Gasteiger partial charge in [0.05, 0.1) is 15.9 Å². The van der Waals surface area contributed by atoms with Crippen LogP contribution >= 0.6 is 0 Å². The van der Waals surface area contributed by atoms with Crippen molar-refractivity contribution in [1.29, 1.82) is 0 Å². The van der Waals surface area contributed by atoms with Crippen molar-refractivity contribution in [2.24, 2.45) is 5.92 Å². The predicted molar refractivity (Wildman–Crippen MR) is 104 cm³/mol. The molecule has 3 rings (SSSR count). The lowest BCUT2D eigenvalue weighted by atomic mass is 10.0. The van der Waals surface area contributed by atoms with Gasteiger partial charge in [-0.25, -0.2) is 13.1 Å².